The van der Waals surface area contributed by atoms with Gasteiger partial charge in [0.2, 0.25) is 40.1 Å². The summed E-state index contributed by atoms with van der Waals surface area (Å²) in [6, 6.07) is 20.3. The number of aromatic amines is 2. The average Bonchev–Trinajstić information content (AvgIpc) is 4.22. The van der Waals surface area contributed by atoms with E-state index >= 15 is 17.6 Å². The number of hydrogen-bond donors (Lipinski definition) is 6. The van der Waals surface area contributed by atoms with Crippen LogP contribution in [0, 0.1) is 23.3 Å². The fourth-order valence-electron chi connectivity index (χ4n) is 8.42. The fraction of sp³-hybridized carbons (Fsp3) is 0.0833. The first-order chi connectivity index (χ1) is 34.2. The van der Waals surface area contributed by atoms with Crippen LogP contribution >= 0.6 is 0 Å². The van der Waals surface area contributed by atoms with Crippen molar-refractivity contribution < 1.29 is 51.2 Å². The van der Waals surface area contributed by atoms with Crippen molar-refractivity contribution in [3.05, 3.63) is 143 Å². The second-order valence-electron chi connectivity index (χ2n) is 15.8. The first-order valence-corrected chi connectivity index (χ1v) is 27.2. The number of hydrogen-bond acceptors (Lipinski definition) is 10. The Labute approximate surface area is 409 Å². The summed E-state index contributed by atoms with van der Waals surface area (Å²) >= 11 is 0. The van der Waals surface area contributed by atoms with Crippen molar-refractivity contribution in [2.75, 3.05) is 28.2 Å². The second kappa shape index (κ2) is 18.5. The van der Waals surface area contributed by atoms with Crippen molar-refractivity contribution in [3.8, 4) is 44.5 Å². The molecule has 3 aromatic heterocycles. The van der Waals surface area contributed by atoms with Gasteiger partial charge in [-0.2, -0.15) is 0 Å². The third-order valence-corrected chi connectivity index (χ3v) is 17.6. The first-order valence-electron chi connectivity index (χ1n) is 21.2. The molecule has 9 rings (SSSR count). The summed E-state index contributed by atoms with van der Waals surface area (Å²) in [4.78, 5) is 13.1. The van der Waals surface area contributed by atoms with Gasteiger partial charge >= 0.3 is 0 Å². The third kappa shape index (κ3) is 8.43. The highest BCUT2D eigenvalue weighted by molar-refractivity contribution is 7.90. The monoisotopic (exact) mass is 1060 g/mol. The van der Waals surface area contributed by atoms with Crippen molar-refractivity contribution in [2.24, 2.45) is 0 Å². The Balaban J connectivity index is 1.54. The van der Waals surface area contributed by atoms with Gasteiger partial charge in [-0.25, -0.2) is 80.1 Å². The maximum atomic E-state index is 16.9. The Morgan fingerprint density at radius 2 is 0.556 bits per heavy atom. The Bertz CT molecular complexity index is 3660. The predicted molar refractivity (Wildman–Crippen MR) is 265 cm³/mol. The van der Waals surface area contributed by atoms with Crippen LogP contribution in [0.3, 0.4) is 0 Å². The van der Waals surface area contributed by atoms with Crippen LogP contribution < -0.4 is 18.9 Å². The Morgan fingerprint density at radius 1 is 0.347 bits per heavy atom. The zero-order valence-electron chi connectivity index (χ0n) is 37.9. The molecule has 0 saturated heterocycles. The number of nitrogens with zero attached hydrogens (tertiary/aromatic N) is 2. The summed E-state index contributed by atoms with van der Waals surface area (Å²) in [5.74, 6) is -4.85. The highest BCUT2D eigenvalue weighted by Gasteiger charge is 2.29. The Morgan fingerprint density at radius 3 is 0.750 bits per heavy atom. The normalized spacial score (nSPS) is 13.0. The zero-order chi connectivity index (χ0) is 51.7. The van der Waals surface area contributed by atoms with Crippen LogP contribution in [0.4, 0.5) is 17.6 Å². The summed E-state index contributed by atoms with van der Waals surface area (Å²) in [7, 11) is -13.3. The minimum absolute atomic E-state index is 0.0391. The maximum Gasteiger partial charge on any atom is 0.243 e. The minimum atomic E-state index is -4.42. The number of fused-ring (bicyclic) bond motifs is 8. The van der Waals surface area contributed by atoms with E-state index in [1.807, 2.05) is 0 Å². The molecule has 5 heterocycles. The van der Waals surface area contributed by atoms with Crippen molar-refractivity contribution in [1.82, 2.24) is 38.8 Å². The van der Waals surface area contributed by atoms with Crippen molar-refractivity contribution >= 4 is 86.5 Å². The van der Waals surface area contributed by atoms with Crippen LogP contribution in [0.15, 0.2) is 117 Å². The van der Waals surface area contributed by atoms with E-state index in [9.17, 15) is 33.7 Å². The maximum absolute atomic E-state index is 16.9. The van der Waals surface area contributed by atoms with Gasteiger partial charge in [-0.3, -0.25) is 0 Å². The number of aromatic nitrogens is 4. The lowest BCUT2D eigenvalue weighted by Gasteiger charge is -2.12. The molecule has 370 valence electrons. The summed E-state index contributed by atoms with van der Waals surface area (Å²) in [5.41, 5.74) is -1.58. The summed E-state index contributed by atoms with van der Waals surface area (Å²) in [6.45, 7) is 0. The fourth-order valence-corrected chi connectivity index (χ4v) is 11.7. The van der Waals surface area contributed by atoms with Crippen molar-refractivity contribution in [1.29, 1.82) is 0 Å². The number of H-pyrrole nitrogens is 2. The lowest BCUT2D eigenvalue weighted by molar-refractivity contribution is 0.561. The number of sulfonamides is 4. The third-order valence-electron chi connectivity index (χ3n) is 11.9. The van der Waals surface area contributed by atoms with E-state index in [2.05, 4.69) is 28.9 Å². The van der Waals surface area contributed by atoms with Gasteiger partial charge in [0.05, 0.1) is 22.8 Å². The highest BCUT2D eigenvalue weighted by Crippen LogP contribution is 2.42. The van der Waals surface area contributed by atoms with Gasteiger partial charge in [0.1, 0.15) is 19.6 Å². The van der Waals surface area contributed by atoms with E-state index in [0.717, 1.165) is 52.5 Å². The van der Waals surface area contributed by atoms with E-state index in [1.54, 1.807) is 0 Å². The molecule has 6 N–H and O–H groups in total. The lowest BCUT2D eigenvalue weighted by atomic mass is 10.0. The number of halogens is 4. The van der Waals surface area contributed by atoms with Gasteiger partial charge in [0.25, 0.3) is 0 Å². The first kappa shape index (κ1) is 49.8. The molecule has 72 heavy (non-hydrogen) atoms. The van der Waals surface area contributed by atoms with E-state index in [-0.39, 0.29) is 89.4 Å². The van der Waals surface area contributed by atoms with Crippen LogP contribution in [-0.4, -0.2) is 81.8 Å². The molecule has 8 bridgehead atoms. The SMILES string of the molecule is CNS(=O)(=O)c1cccc(-c2c3nc(c(-c4cccc(S(=O)(=O)NC)c4F)c4ccc([nH]4)c(-c4cccc(S(=O)(=O)NC)c4F)c4nc(c(-c5cccc(S(=O)(=O)NC)c5F)c5ccc2[nH]5)C=C4)C=C3)c1F. The van der Waals surface area contributed by atoms with Gasteiger partial charge in [-0.1, -0.05) is 48.5 Å². The summed E-state index contributed by atoms with van der Waals surface area (Å²) in [6.07, 6.45) is 5.66. The summed E-state index contributed by atoms with van der Waals surface area (Å²) in [5, 5.41) is 0. The molecule has 2 aliphatic heterocycles. The van der Waals surface area contributed by atoms with E-state index < -0.39 is 82.9 Å². The van der Waals surface area contributed by atoms with Gasteiger partial charge in [-0.15, -0.1) is 0 Å². The van der Waals surface area contributed by atoms with E-state index in [4.69, 9.17) is 9.97 Å². The van der Waals surface area contributed by atoms with Crippen LogP contribution in [0.5, 0.6) is 0 Å². The van der Waals surface area contributed by atoms with E-state index in [1.165, 1.54) is 97.1 Å². The van der Waals surface area contributed by atoms with Crippen molar-refractivity contribution in [3.63, 3.8) is 0 Å². The van der Waals surface area contributed by atoms with Gasteiger partial charge < -0.3 is 9.97 Å². The standard InChI is InChI=1S/C48H38F4N8O8S4/c1-53-69(61,62)37-13-5-9-25(45(37)49)41-29-17-19-31(57-29)42(26-10-6-14-38(46(26)50)70(63,64)54-2)33-21-23-35(59-33)44(28-12-8-16-40(48(28)52)72(67,68)56-4)36-24-22-34(60-36)43(32-20-18-30(41)58-32)27-11-7-15-39(47(27)51)71(65,66)55-3/h5-24,53-57,60H,1-4H3. The van der Waals surface area contributed by atoms with Crippen LogP contribution in [0.25, 0.3) is 90.9 Å². The minimum Gasteiger partial charge on any atom is -0.354 e. The van der Waals surface area contributed by atoms with Gasteiger partial charge in [-0.05, 0) is 101 Å². The lowest BCUT2D eigenvalue weighted by Crippen LogP contribution is -2.20. The summed E-state index contributed by atoms with van der Waals surface area (Å²) < 4.78 is 181. The molecule has 0 unspecified atom stereocenters. The van der Waals surface area contributed by atoms with Gasteiger partial charge in [0, 0.05) is 66.6 Å². The largest absolute Gasteiger partial charge is 0.354 e. The quantitative estimate of drug-likeness (QED) is 0.0658. The topological polar surface area (TPSA) is 242 Å². The molecule has 0 radical (unpaired) electrons. The van der Waals surface area contributed by atoms with Crippen LogP contribution in [-0.2, 0) is 40.1 Å². The van der Waals surface area contributed by atoms with Crippen LogP contribution in [0.1, 0.15) is 22.8 Å². The molecule has 16 nitrogen and oxygen atoms in total. The molecule has 4 aromatic carbocycles. The van der Waals surface area contributed by atoms with Gasteiger partial charge in [0.15, 0.2) is 23.3 Å². The van der Waals surface area contributed by atoms with Crippen LogP contribution in [0.2, 0.25) is 0 Å². The molecular formula is C48H38F4N8O8S4. The van der Waals surface area contributed by atoms with Crippen molar-refractivity contribution in [2.45, 2.75) is 19.6 Å². The molecule has 0 atom stereocenters. The Hall–Kier alpha value is -7.16. The molecule has 2 aliphatic rings. The smallest absolute Gasteiger partial charge is 0.243 e. The zero-order valence-corrected chi connectivity index (χ0v) is 41.1. The number of benzene rings is 4. The number of rotatable bonds is 12. The molecule has 0 fully saturated rings. The van der Waals surface area contributed by atoms with E-state index in [0.29, 0.717) is 0 Å². The highest BCUT2D eigenvalue weighted by atomic mass is 32.2. The predicted octanol–water partition coefficient (Wildman–Crippen LogP) is 7.51. The molecule has 0 saturated carbocycles. The molecule has 7 aromatic rings. The number of nitrogens with one attached hydrogen (secondary N) is 6. The molecule has 0 aliphatic carbocycles. The molecule has 24 heteroatoms. The average molecular weight is 1060 g/mol. The molecule has 0 spiro atoms. The molecule has 0 amide bonds. The second-order valence-corrected chi connectivity index (χ2v) is 23.2. The molecular weight excluding hydrogens is 1020 g/mol. The Kier molecular flexibility index (Phi) is 12.8.